The molecular formula is C15H23NO5. The van der Waals surface area contributed by atoms with E-state index in [4.69, 9.17) is 14.2 Å². The van der Waals surface area contributed by atoms with Gasteiger partial charge in [-0.1, -0.05) is 0 Å². The third kappa shape index (κ3) is 4.01. The summed E-state index contributed by atoms with van der Waals surface area (Å²) in [6, 6.07) is 3.30. The van der Waals surface area contributed by atoms with Crippen LogP contribution in [0.15, 0.2) is 12.1 Å². The summed E-state index contributed by atoms with van der Waals surface area (Å²) in [5, 5.41) is 9.31. The van der Waals surface area contributed by atoms with Crippen molar-refractivity contribution in [1.82, 2.24) is 4.90 Å². The Hall–Kier alpha value is -1.95. The molecule has 6 heteroatoms. The number of carbonyl (C=O) groups excluding carboxylic acids is 1. The van der Waals surface area contributed by atoms with Gasteiger partial charge in [-0.3, -0.25) is 4.79 Å². The minimum absolute atomic E-state index is 0.201. The van der Waals surface area contributed by atoms with Crippen molar-refractivity contribution in [2.45, 2.75) is 19.4 Å². The Labute approximate surface area is 125 Å². The first-order valence-corrected chi connectivity index (χ1v) is 6.68. The van der Waals surface area contributed by atoms with Crippen molar-refractivity contribution in [3.8, 4) is 17.2 Å². The number of amides is 1. The SMILES string of the molecule is COc1ccc(C(=O)N(C)CCC(C)O)c(OC)c1OC. The van der Waals surface area contributed by atoms with Crippen molar-refractivity contribution in [3.63, 3.8) is 0 Å². The third-order valence-electron chi connectivity index (χ3n) is 3.16. The molecule has 6 nitrogen and oxygen atoms in total. The molecule has 0 aliphatic heterocycles. The van der Waals surface area contributed by atoms with Crippen LogP contribution < -0.4 is 14.2 Å². The Kier molecular flexibility index (Phi) is 6.30. The number of aliphatic hydroxyl groups is 1. The van der Waals surface area contributed by atoms with E-state index in [0.29, 0.717) is 35.8 Å². The molecule has 0 aliphatic carbocycles. The topological polar surface area (TPSA) is 68.2 Å². The number of nitrogens with zero attached hydrogens (tertiary/aromatic N) is 1. The standard InChI is InChI=1S/C15H23NO5/c1-10(17)8-9-16(2)15(18)11-6-7-12(19-3)14(21-5)13(11)20-4/h6-7,10,17H,8-9H2,1-5H3. The lowest BCUT2D eigenvalue weighted by atomic mass is 10.1. The number of methoxy groups -OCH3 is 3. The highest BCUT2D eigenvalue weighted by atomic mass is 16.5. The van der Waals surface area contributed by atoms with Crippen LogP contribution >= 0.6 is 0 Å². The highest BCUT2D eigenvalue weighted by Gasteiger charge is 2.22. The van der Waals surface area contributed by atoms with E-state index < -0.39 is 6.10 Å². The fourth-order valence-corrected chi connectivity index (χ4v) is 1.96. The molecule has 0 spiro atoms. The molecule has 1 atom stereocenters. The summed E-state index contributed by atoms with van der Waals surface area (Å²) in [5.74, 6) is 1.02. The number of ether oxygens (including phenoxy) is 3. The maximum atomic E-state index is 12.5. The van der Waals surface area contributed by atoms with E-state index >= 15 is 0 Å². The molecule has 0 aliphatic rings. The average Bonchev–Trinajstić information content (AvgIpc) is 2.49. The number of hydrogen-bond acceptors (Lipinski definition) is 5. The van der Waals surface area contributed by atoms with Crippen LogP contribution in [0, 0.1) is 0 Å². The van der Waals surface area contributed by atoms with Crippen molar-refractivity contribution < 1.29 is 24.1 Å². The van der Waals surface area contributed by atoms with E-state index in [9.17, 15) is 9.90 Å². The monoisotopic (exact) mass is 297 g/mol. The Balaban J connectivity index is 3.09. The molecule has 118 valence electrons. The van der Waals surface area contributed by atoms with Gasteiger partial charge in [0.1, 0.15) is 0 Å². The first-order valence-electron chi connectivity index (χ1n) is 6.68. The lowest BCUT2D eigenvalue weighted by Gasteiger charge is -2.21. The summed E-state index contributed by atoms with van der Waals surface area (Å²) in [4.78, 5) is 14.0. The summed E-state index contributed by atoms with van der Waals surface area (Å²) in [6.45, 7) is 2.14. The molecule has 1 aromatic rings. The van der Waals surface area contributed by atoms with Crippen molar-refractivity contribution in [2.75, 3.05) is 34.9 Å². The summed E-state index contributed by atoms with van der Waals surface area (Å²) < 4.78 is 15.8. The zero-order valence-electron chi connectivity index (χ0n) is 13.2. The zero-order valence-corrected chi connectivity index (χ0v) is 13.2. The molecule has 1 unspecified atom stereocenters. The van der Waals surface area contributed by atoms with Gasteiger partial charge in [-0.25, -0.2) is 0 Å². The predicted molar refractivity (Wildman–Crippen MR) is 79.4 cm³/mol. The largest absolute Gasteiger partial charge is 0.493 e. The lowest BCUT2D eigenvalue weighted by Crippen LogP contribution is -2.29. The molecule has 1 amide bonds. The van der Waals surface area contributed by atoms with Gasteiger partial charge in [0.25, 0.3) is 5.91 Å². The van der Waals surface area contributed by atoms with Crippen molar-refractivity contribution in [1.29, 1.82) is 0 Å². The number of aliphatic hydroxyl groups excluding tert-OH is 1. The molecule has 0 heterocycles. The Morgan fingerprint density at radius 2 is 1.81 bits per heavy atom. The first kappa shape index (κ1) is 17.1. The highest BCUT2D eigenvalue weighted by Crippen LogP contribution is 2.40. The van der Waals surface area contributed by atoms with Gasteiger partial charge in [-0.05, 0) is 25.5 Å². The minimum atomic E-state index is -0.451. The molecule has 0 radical (unpaired) electrons. The average molecular weight is 297 g/mol. The van der Waals surface area contributed by atoms with Gasteiger partial charge in [0.15, 0.2) is 11.5 Å². The fourth-order valence-electron chi connectivity index (χ4n) is 1.96. The van der Waals surface area contributed by atoms with Crippen LogP contribution in [0.4, 0.5) is 0 Å². The lowest BCUT2D eigenvalue weighted by molar-refractivity contribution is 0.0765. The minimum Gasteiger partial charge on any atom is -0.493 e. The molecular weight excluding hydrogens is 274 g/mol. The first-order chi connectivity index (χ1) is 9.96. The molecule has 0 fully saturated rings. The normalized spacial score (nSPS) is 11.7. The number of benzene rings is 1. The van der Waals surface area contributed by atoms with Gasteiger partial charge in [-0.2, -0.15) is 0 Å². The molecule has 0 saturated heterocycles. The molecule has 1 aromatic carbocycles. The van der Waals surface area contributed by atoms with Crippen molar-refractivity contribution in [3.05, 3.63) is 17.7 Å². The van der Waals surface area contributed by atoms with E-state index in [2.05, 4.69) is 0 Å². The van der Waals surface area contributed by atoms with Gasteiger partial charge in [0, 0.05) is 13.6 Å². The summed E-state index contributed by atoms with van der Waals surface area (Å²) >= 11 is 0. The van der Waals surface area contributed by atoms with Gasteiger partial charge in [0.2, 0.25) is 5.75 Å². The third-order valence-corrected chi connectivity index (χ3v) is 3.16. The van der Waals surface area contributed by atoms with E-state index in [1.165, 1.54) is 26.2 Å². The van der Waals surface area contributed by atoms with Gasteiger partial charge < -0.3 is 24.2 Å². The van der Waals surface area contributed by atoms with Crippen molar-refractivity contribution in [2.24, 2.45) is 0 Å². The highest BCUT2D eigenvalue weighted by molar-refractivity contribution is 5.98. The smallest absolute Gasteiger partial charge is 0.257 e. The quantitative estimate of drug-likeness (QED) is 0.827. The Bertz CT molecular complexity index is 487. The van der Waals surface area contributed by atoms with E-state index in [-0.39, 0.29) is 5.91 Å². The van der Waals surface area contributed by atoms with E-state index in [1.54, 1.807) is 26.1 Å². The molecule has 0 aromatic heterocycles. The maximum absolute atomic E-state index is 12.5. The Morgan fingerprint density at radius 1 is 1.19 bits per heavy atom. The molecule has 21 heavy (non-hydrogen) atoms. The molecule has 0 bridgehead atoms. The second-order valence-corrected chi connectivity index (χ2v) is 4.75. The van der Waals surface area contributed by atoms with Crippen LogP contribution in [0.25, 0.3) is 0 Å². The van der Waals surface area contributed by atoms with Crippen LogP contribution in [-0.4, -0.2) is 56.9 Å². The summed E-state index contributed by atoms with van der Waals surface area (Å²) in [5.41, 5.74) is 0.392. The second-order valence-electron chi connectivity index (χ2n) is 4.75. The summed E-state index contributed by atoms with van der Waals surface area (Å²) in [7, 11) is 6.17. The van der Waals surface area contributed by atoms with E-state index in [0.717, 1.165) is 0 Å². The van der Waals surface area contributed by atoms with E-state index in [1.807, 2.05) is 0 Å². The Morgan fingerprint density at radius 3 is 2.29 bits per heavy atom. The van der Waals surface area contributed by atoms with Gasteiger partial charge in [-0.15, -0.1) is 0 Å². The number of hydrogen-bond donors (Lipinski definition) is 1. The van der Waals surface area contributed by atoms with Crippen LogP contribution in [0.1, 0.15) is 23.7 Å². The molecule has 1 rings (SSSR count). The molecule has 1 N–H and O–H groups in total. The van der Waals surface area contributed by atoms with Crippen LogP contribution in [0.3, 0.4) is 0 Å². The number of carbonyl (C=O) groups is 1. The second kappa shape index (κ2) is 7.73. The van der Waals surface area contributed by atoms with Crippen LogP contribution in [0.2, 0.25) is 0 Å². The van der Waals surface area contributed by atoms with Gasteiger partial charge >= 0.3 is 0 Å². The molecule has 0 saturated carbocycles. The zero-order chi connectivity index (χ0) is 16.0. The summed E-state index contributed by atoms with van der Waals surface area (Å²) in [6.07, 6.45) is 0.0604. The maximum Gasteiger partial charge on any atom is 0.257 e. The fraction of sp³-hybridized carbons (Fsp3) is 0.533. The van der Waals surface area contributed by atoms with Crippen molar-refractivity contribution >= 4 is 5.91 Å². The predicted octanol–water partition coefficient (Wildman–Crippen LogP) is 1.56. The number of rotatable bonds is 7. The van der Waals surface area contributed by atoms with Gasteiger partial charge in [0.05, 0.1) is 33.0 Å². The van der Waals surface area contributed by atoms with Crippen LogP contribution in [0.5, 0.6) is 17.2 Å². The van der Waals surface area contributed by atoms with Crippen LogP contribution in [-0.2, 0) is 0 Å².